The molecule has 0 aromatic heterocycles. The first-order valence-corrected chi connectivity index (χ1v) is 9.24. The fraction of sp³-hybridized carbons (Fsp3) is 0.364. The summed E-state index contributed by atoms with van der Waals surface area (Å²) in [5, 5.41) is 5.82. The average molecular weight is 366 g/mol. The van der Waals surface area contributed by atoms with Gasteiger partial charge in [0, 0.05) is 12.2 Å². The van der Waals surface area contributed by atoms with Crippen LogP contribution in [0.5, 0.6) is 5.75 Å². The van der Waals surface area contributed by atoms with E-state index in [2.05, 4.69) is 10.6 Å². The van der Waals surface area contributed by atoms with Crippen molar-refractivity contribution in [2.45, 2.75) is 33.1 Å². The quantitative estimate of drug-likeness (QED) is 0.738. The van der Waals surface area contributed by atoms with Gasteiger partial charge in [0.1, 0.15) is 11.2 Å². The molecule has 1 aliphatic rings. The van der Waals surface area contributed by atoms with Crippen molar-refractivity contribution in [3.63, 3.8) is 0 Å². The Kier molecular flexibility index (Phi) is 5.49. The minimum Gasteiger partial charge on any atom is -0.497 e. The Balaban J connectivity index is 1.55. The number of rotatable bonds is 7. The number of hydrogen-bond acceptors (Lipinski definition) is 3. The van der Waals surface area contributed by atoms with Gasteiger partial charge in [0.05, 0.1) is 7.11 Å². The predicted octanol–water partition coefficient (Wildman–Crippen LogP) is 3.39. The highest BCUT2D eigenvalue weighted by Crippen LogP contribution is 2.46. The molecule has 0 unspecified atom stereocenters. The summed E-state index contributed by atoms with van der Waals surface area (Å²) in [4.78, 5) is 25.3. The molecule has 2 aromatic rings. The fourth-order valence-corrected chi connectivity index (χ4v) is 3.07. The van der Waals surface area contributed by atoms with Gasteiger partial charge < -0.3 is 15.4 Å². The Labute approximate surface area is 160 Å². The number of carbonyl (C=O) groups excluding carboxylic acids is 2. The van der Waals surface area contributed by atoms with Crippen LogP contribution in [-0.4, -0.2) is 25.5 Å². The van der Waals surface area contributed by atoms with Gasteiger partial charge in [0.25, 0.3) is 0 Å². The third kappa shape index (κ3) is 4.30. The Morgan fingerprint density at radius 2 is 1.81 bits per heavy atom. The van der Waals surface area contributed by atoms with Gasteiger partial charge in [-0.3, -0.25) is 9.59 Å². The lowest BCUT2D eigenvalue weighted by molar-refractivity contribution is -0.134. The molecule has 0 aliphatic heterocycles. The van der Waals surface area contributed by atoms with Crippen LogP contribution in [-0.2, 0) is 16.0 Å². The predicted molar refractivity (Wildman–Crippen MR) is 106 cm³/mol. The van der Waals surface area contributed by atoms with Crippen molar-refractivity contribution in [1.82, 2.24) is 5.32 Å². The van der Waals surface area contributed by atoms with E-state index >= 15 is 0 Å². The third-order valence-corrected chi connectivity index (χ3v) is 5.22. The number of aryl methyl sites for hydroxylation is 2. The Hall–Kier alpha value is -2.82. The minimum absolute atomic E-state index is 0.188. The lowest BCUT2D eigenvalue weighted by atomic mass is 10.0. The van der Waals surface area contributed by atoms with Crippen molar-refractivity contribution >= 4 is 17.5 Å². The number of anilines is 1. The molecule has 0 bridgehead atoms. The molecule has 0 spiro atoms. The van der Waals surface area contributed by atoms with E-state index in [-0.39, 0.29) is 11.8 Å². The van der Waals surface area contributed by atoms with E-state index < -0.39 is 5.41 Å². The van der Waals surface area contributed by atoms with Crippen LogP contribution in [0.1, 0.15) is 29.5 Å². The smallest absolute Gasteiger partial charge is 0.240 e. The van der Waals surface area contributed by atoms with Gasteiger partial charge in [-0.25, -0.2) is 0 Å². The average Bonchev–Trinajstić information content (AvgIpc) is 3.47. The maximum atomic E-state index is 12.7. The van der Waals surface area contributed by atoms with E-state index in [1.807, 2.05) is 56.3 Å². The van der Waals surface area contributed by atoms with Crippen LogP contribution >= 0.6 is 0 Å². The monoisotopic (exact) mass is 366 g/mol. The third-order valence-electron chi connectivity index (χ3n) is 5.22. The number of ether oxygens (including phenoxy) is 1. The molecule has 0 radical (unpaired) electrons. The van der Waals surface area contributed by atoms with Gasteiger partial charge in [0.2, 0.25) is 11.8 Å². The maximum Gasteiger partial charge on any atom is 0.240 e. The van der Waals surface area contributed by atoms with Crippen LogP contribution in [0.2, 0.25) is 0 Å². The van der Waals surface area contributed by atoms with Crippen molar-refractivity contribution in [3.05, 3.63) is 59.2 Å². The highest BCUT2D eigenvalue weighted by atomic mass is 16.5. The standard InChI is InChI=1S/C22H26N2O3/c1-15-7-8-18(13-16(15)2)24-21(26)22(10-11-22)20(25)23-12-9-17-5-4-6-19(14-17)27-3/h4-8,13-14H,9-12H2,1-3H3,(H,23,25)(H,24,26). The first-order valence-electron chi connectivity index (χ1n) is 9.24. The topological polar surface area (TPSA) is 67.4 Å². The zero-order valence-corrected chi connectivity index (χ0v) is 16.1. The zero-order chi connectivity index (χ0) is 19.4. The molecule has 1 fully saturated rings. The first-order chi connectivity index (χ1) is 12.9. The molecule has 27 heavy (non-hydrogen) atoms. The molecule has 142 valence electrons. The summed E-state index contributed by atoms with van der Waals surface area (Å²) in [7, 11) is 1.63. The molecular formula is C22H26N2O3. The normalized spacial score (nSPS) is 14.3. The highest BCUT2D eigenvalue weighted by Gasteiger charge is 2.56. The van der Waals surface area contributed by atoms with E-state index in [1.54, 1.807) is 7.11 Å². The van der Waals surface area contributed by atoms with E-state index in [0.717, 1.165) is 22.6 Å². The summed E-state index contributed by atoms with van der Waals surface area (Å²) in [6, 6.07) is 13.5. The van der Waals surface area contributed by atoms with Crippen molar-refractivity contribution in [2.24, 2.45) is 5.41 Å². The van der Waals surface area contributed by atoms with Crippen molar-refractivity contribution in [3.8, 4) is 5.75 Å². The molecule has 0 heterocycles. The van der Waals surface area contributed by atoms with Gasteiger partial charge in [0.15, 0.2) is 0 Å². The Morgan fingerprint density at radius 3 is 2.48 bits per heavy atom. The zero-order valence-electron chi connectivity index (χ0n) is 16.1. The second-order valence-electron chi connectivity index (χ2n) is 7.19. The van der Waals surface area contributed by atoms with Gasteiger partial charge in [-0.15, -0.1) is 0 Å². The molecule has 0 atom stereocenters. The summed E-state index contributed by atoms with van der Waals surface area (Å²) in [6.07, 6.45) is 1.88. The van der Waals surface area contributed by atoms with Crippen LogP contribution in [0, 0.1) is 19.3 Å². The van der Waals surface area contributed by atoms with E-state index in [9.17, 15) is 9.59 Å². The molecule has 5 nitrogen and oxygen atoms in total. The summed E-state index contributed by atoms with van der Waals surface area (Å²) in [6.45, 7) is 4.52. The number of hydrogen-bond donors (Lipinski definition) is 2. The molecule has 1 aliphatic carbocycles. The minimum atomic E-state index is -0.923. The SMILES string of the molecule is COc1cccc(CCNC(=O)C2(C(=O)Nc3ccc(C)c(C)c3)CC2)c1. The summed E-state index contributed by atoms with van der Waals surface area (Å²) >= 11 is 0. The van der Waals surface area contributed by atoms with E-state index in [4.69, 9.17) is 4.74 Å². The van der Waals surface area contributed by atoms with Crippen molar-refractivity contribution in [1.29, 1.82) is 0 Å². The molecule has 2 aromatic carbocycles. The second kappa shape index (κ2) is 7.82. The number of methoxy groups -OCH3 is 1. The summed E-state index contributed by atoms with van der Waals surface area (Å²) in [5.41, 5.74) is 3.18. The molecule has 2 N–H and O–H groups in total. The van der Waals surface area contributed by atoms with Gasteiger partial charge >= 0.3 is 0 Å². The molecule has 5 heteroatoms. The van der Waals surface area contributed by atoms with Crippen LogP contribution in [0.25, 0.3) is 0 Å². The molecule has 2 amide bonds. The molecule has 0 saturated heterocycles. The van der Waals surface area contributed by atoms with Crippen molar-refractivity contribution < 1.29 is 14.3 Å². The fourth-order valence-electron chi connectivity index (χ4n) is 3.07. The van der Waals surface area contributed by atoms with Crippen LogP contribution in [0.15, 0.2) is 42.5 Å². The Morgan fingerprint density at radius 1 is 1.04 bits per heavy atom. The summed E-state index contributed by atoms with van der Waals surface area (Å²) in [5.74, 6) is 0.390. The van der Waals surface area contributed by atoms with E-state index in [1.165, 1.54) is 5.56 Å². The second-order valence-corrected chi connectivity index (χ2v) is 7.19. The van der Waals surface area contributed by atoms with Gasteiger partial charge in [-0.05, 0) is 74.1 Å². The molecule has 1 saturated carbocycles. The maximum absolute atomic E-state index is 12.7. The van der Waals surface area contributed by atoms with Crippen LogP contribution in [0.3, 0.4) is 0 Å². The van der Waals surface area contributed by atoms with Gasteiger partial charge in [-0.1, -0.05) is 18.2 Å². The molecular weight excluding hydrogens is 340 g/mol. The van der Waals surface area contributed by atoms with E-state index in [0.29, 0.717) is 25.8 Å². The number of amides is 2. The van der Waals surface area contributed by atoms with Crippen LogP contribution in [0.4, 0.5) is 5.69 Å². The Bertz CT molecular complexity index is 856. The summed E-state index contributed by atoms with van der Waals surface area (Å²) < 4.78 is 5.21. The largest absolute Gasteiger partial charge is 0.497 e. The van der Waals surface area contributed by atoms with Crippen LogP contribution < -0.4 is 15.4 Å². The number of carbonyl (C=O) groups is 2. The van der Waals surface area contributed by atoms with Crippen molar-refractivity contribution in [2.75, 3.05) is 19.0 Å². The highest BCUT2D eigenvalue weighted by molar-refractivity contribution is 6.13. The number of nitrogens with one attached hydrogen (secondary N) is 2. The first kappa shape index (κ1) is 19.0. The lowest BCUT2D eigenvalue weighted by Gasteiger charge is -2.16. The molecule has 3 rings (SSSR count). The number of benzene rings is 2. The lowest BCUT2D eigenvalue weighted by Crippen LogP contribution is -2.40. The van der Waals surface area contributed by atoms with Gasteiger partial charge in [-0.2, -0.15) is 0 Å².